The lowest BCUT2D eigenvalue weighted by Crippen LogP contribution is -2.08. The van der Waals surface area contributed by atoms with Crippen molar-refractivity contribution in [2.45, 2.75) is 79.1 Å². The quantitative estimate of drug-likeness (QED) is 0.425. The first-order valence-electron chi connectivity index (χ1n) is 7.76. The summed E-state index contributed by atoms with van der Waals surface area (Å²) in [4.78, 5) is 0. The maximum Gasteiger partial charge on any atom is 0.0133 e. The Bertz CT molecular complexity index is 124. The van der Waals surface area contributed by atoms with Crippen LogP contribution in [0.5, 0.6) is 0 Å². The van der Waals surface area contributed by atoms with Crippen LogP contribution in [0, 0.1) is 11.8 Å². The highest BCUT2D eigenvalue weighted by molar-refractivity contribution is 4.52. The summed E-state index contributed by atoms with van der Waals surface area (Å²) in [7, 11) is 0. The minimum absolute atomic E-state index is 0.868. The van der Waals surface area contributed by atoms with Gasteiger partial charge in [0.2, 0.25) is 0 Å². The van der Waals surface area contributed by atoms with Crippen LogP contribution in [0.25, 0.3) is 0 Å². The van der Waals surface area contributed by atoms with E-state index in [2.05, 4.69) is 33.0 Å². The predicted molar refractivity (Wildman–Crippen MR) is 78.5 cm³/mol. The Balaban J connectivity index is 2.94. The number of nitrogens with zero attached hydrogens (tertiary/aromatic N) is 1. The highest BCUT2D eigenvalue weighted by Crippen LogP contribution is 2.08. The number of unbranched alkanes of at least 4 members (excludes halogenated alkanes) is 4. The molecule has 0 spiro atoms. The van der Waals surface area contributed by atoms with Gasteiger partial charge in [0.15, 0.2) is 0 Å². The standard InChI is InChI=1S/C16H34N/c1-15(2)11-7-5-9-13-17-14-10-6-8-12-16(3)4/h15-16H,5-14H2,1-4H3. The van der Waals surface area contributed by atoms with Crippen LogP contribution in [0.2, 0.25) is 0 Å². The van der Waals surface area contributed by atoms with E-state index >= 15 is 0 Å². The molecule has 0 amide bonds. The lowest BCUT2D eigenvalue weighted by Gasteiger charge is -2.06. The van der Waals surface area contributed by atoms with E-state index in [0.717, 1.165) is 24.9 Å². The van der Waals surface area contributed by atoms with Crippen LogP contribution in [-0.4, -0.2) is 13.1 Å². The highest BCUT2D eigenvalue weighted by atomic mass is 14.8. The maximum absolute atomic E-state index is 4.60. The SMILES string of the molecule is CC(C)CCCCC[N]CCCCCC(C)C. The van der Waals surface area contributed by atoms with E-state index < -0.39 is 0 Å². The first-order valence-corrected chi connectivity index (χ1v) is 7.76. The lowest BCUT2D eigenvalue weighted by molar-refractivity contribution is 0.496. The number of rotatable bonds is 12. The highest BCUT2D eigenvalue weighted by Gasteiger charge is 1.96. The molecule has 0 saturated heterocycles. The minimum Gasteiger partial charge on any atom is -0.242 e. The summed E-state index contributed by atoms with van der Waals surface area (Å²) in [6.07, 6.45) is 10.9. The van der Waals surface area contributed by atoms with Crippen LogP contribution in [0.3, 0.4) is 0 Å². The molecule has 0 bridgehead atoms. The van der Waals surface area contributed by atoms with Crippen LogP contribution >= 0.6 is 0 Å². The van der Waals surface area contributed by atoms with Crippen molar-refractivity contribution >= 4 is 0 Å². The normalized spacial score (nSPS) is 11.6. The molecule has 0 aliphatic heterocycles. The van der Waals surface area contributed by atoms with E-state index in [1.165, 1.54) is 51.4 Å². The zero-order valence-electron chi connectivity index (χ0n) is 12.7. The van der Waals surface area contributed by atoms with Gasteiger partial charge in [-0.25, -0.2) is 5.32 Å². The van der Waals surface area contributed by atoms with E-state index in [0.29, 0.717) is 0 Å². The van der Waals surface area contributed by atoms with Crippen molar-refractivity contribution in [3.05, 3.63) is 0 Å². The molecule has 0 unspecified atom stereocenters. The summed E-state index contributed by atoms with van der Waals surface area (Å²) in [5.74, 6) is 1.74. The second-order valence-corrected chi connectivity index (χ2v) is 6.16. The second-order valence-electron chi connectivity index (χ2n) is 6.16. The Morgan fingerprint density at radius 3 is 1.35 bits per heavy atom. The van der Waals surface area contributed by atoms with Gasteiger partial charge in [-0.1, -0.05) is 66.2 Å². The van der Waals surface area contributed by atoms with Gasteiger partial charge in [-0.3, -0.25) is 0 Å². The van der Waals surface area contributed by atoms with Crippen molar-refractivity contribution in [1.29, 1.82) is 0 Å². The molecule has 103 valence electrons. The predicted octanol–water partition coefficient (Wildman–Crippen LogP) is 5.02. The Labute approximate surface area is 110 Å². The van der Waals surface area contributed by atoms with Crippen LogP contribution in [0.15, 0.2) is 0 Å². The van der Waals surface area contributed by atoms with E-state index in [-0.39, 0.29) is 0 Å². The molecule has 1 heteroatoms. The fourth-order valence-corrected chi connectivity index (χ4v) is 2.02. The van der Waals surface area contributed by atoms with E-state index in [4.69, 9.17) is 0 Å². The molecule has 0 atom stereocenters. The summed E-state index contributed by atoms with van der Waals surface area (Å²) in [6, 6.07) is 0. The molecule has 0 heterocycles. The van der Waals surface area contributed by atoms with Gasteiger partial charge < -0.3 is 0 Å². The first-order chi connectivity index (χ1) is 8.13. The molecule has 0 rings (SSSR count). The third-order valence-corrected chi connectivity index (χ3v) is 3.20. The third kappa shape index (κ3) is 16.0. The largest absolute Gasteiger partial charge is 0.242 e. The Morgan fingerprint density at radius 1 is 0.588 bits per heavy atom. The van der Waals surface area contributed by atoms with Crippen molar-refractivity contribution in [2.75, 3.05) is 13.1 Å². The number of hydrogen-bond donors (Lipinski definition) is 0. The maximum atomic E-state index is 4.60. The van der Waals surface area contributed by atoms with E-state index in [1.54, 1.807) is 0 Å². The van der Waals surface area contributed by atoms with Gasteiger partial charge in [0.25, 0.3) is 0 Å². The average molecular weight is 240 g/mol. The van der Waals surface area contributed by atoms with Crippen molar-refractivity contribution in [3.63, 3.8) is 0 Å². The van der Waals surface area contributed by atoms with Gasteiger partial charge in [0.1, 0.15) is 0 Å². The Kier molecular flexibility index (Phi) is 12.4. The Hall–Kier alpha value is -0.0400. The minimum atomic E-state index is 0.868. The molecular weight excluding hydrogens is 206 g/mol. The van der Waals surface area contributed by atoms with Crippen LogP contribution in [0.4, 0.5) is 0 Å². The molecular formula is C16H34N. The average Bonchev–Trinajstić information content (AvgIpc) is 2.25. The molecule has 0 N–H and O–H groups in total. The Morgan fingerprint density at radius 2 is 1.00 bits per heavy atom. The summed E-state index contributed by atoms with van der Waals surface area (Å²) in [5.41, 5.74) is 0. The monoisotopic (exact) mass is 240 g/mol. The van der Waals surface area contributed by atoms with E-state index in [1.807, 2.05) is 0 Å². The van der Waals surface area contributed by atoms with Gasteiger partial charge in [-0.05, 0) is 24.7 Å². The van der Waals surface area contributed by atoms with Crippen molar-refractivity contribution in [2.24, 2.45) is 11.8 Å². The van der Waals surface area contributed by atoms with Crippen LogP contribution in [-0.2, 0) is 0 Å². The molecule has 0 aromatic rings. The fourth-order valence-electron chi connectivity index (χ4n) is 2.02. The summed E-state index contributed by atoms with van der Waals surface area (Å²) < 4.78 is 0. The topological polar surface area (TPSA) is 14.1 Å². The van der Waals surface area contributed by atoms with Gasteiger partial charge in [-0.2, -0.15) is 0 Å². The molecule has 0 aromatic heterocycles. The van der Waals surface area contributed by atoms with Gasteiger partial charge >= 0.3 is 0 Å². The first kappa shape index (κ1) is 17.0. The molecule has 0 aliphatic rings. The van der Waals surface area contributed by atoms with E-state index in [9.17, 15) is 0 Å². The van der Waals surface area contributed by atoms with Crippen molar-refractivity contribution < 1.29 is 0 Å². The molecule has 0 fully saturated rings. The van der Waals surface area contributed by atoms with Gasteiger partial charge in [0, 0.05) is 13.1 Å². The van der Waals surface area contributed by atoms with Crippen LogP contribution in [0.1, 0.15) is 79.1 Å². The molecule has 1 nitrogen and oxygen atoms in total. The summed E-state index contributed by atoms with van der Waals surface area (Å²) in [5, 5.41) is 4.60. The van der Waals surface area contributed by atoms with Gasteiger partial charge in [-0.15, -0.1) is 0 Å². The molecule has 0 aliphatic carbocycles. The zero-order chi connectivity index (χ0) is 12.9. The summed E-state index contributed by atoms with van der Waals surface area (Å²) >= 11 is 0. The van der Waals surface area contributed by atoms with Crippen molar-refractivity contribution in [1.82, 2.24) is 5.32 Å². The fraction of sp³-hybridized carbons (Fsp3) is 1.00. The van der Waals surface area contributed by atoms with Crippen LogP contribution < -0.4 is 5.32 Å². The van der Waals surface area contributed by atoms with Gasteiger partial charge in [0.05, 0.1) is 0 Å². The zero-order valence-corrected chi connectivity index (χ0v) is 12.7. The summed E-state index contributed by atoms with van der Waals surface area (Å²) in [6.45, 7) is 11.4. The lowest BCUT2D eigenvalue weighted by atomic mass is 10.1. The second kappa shape index (κ2) is 12.4. The number of hydrogen-bond acceptors (Lipinski definition) is 0. The third-order valence-electron chi connectivity index (χ3n) is 3.20. The molecule has 0 aromatic carbocycles. The smallest absolute Gasteiger partial charge is 0.0133 e. The molecule has 0 saturated carbocycles. The van der Waals surface area contributed by atoms with Crippen molar-refractivity contribution in [3.8, 4) is 0 Å². The molecule has 17 heavy (non-hydrogen) atoms. The molecule has 1 radical (unpaired) electrons.